The number of aliphatic hydroxyl groups is 1. The first kappa shape index (κ1) is 13.0. The van der Waals surface area contributed by atoms with Crippen LogP contribution in [0, 0.1) is 10.1 Å². The maximum Gasteiger partial charge on any atom is 0.269 e. The third-order valence-corrected chi connectivity index (χ3v) is 3.63. The zero-order valence-corrected chi connectivity index (χ0v) is 10.2. The van der Waals surface area contributed by atoms with Crippen molar-refractivity contribution in [2.45, 2.75) is 43.7 Å². The highest BCUT2D eigenvalue weighted by Gasteiger charge is 2.31. The molecule has 0 amide bonds. The molecule has 1 aliphatic rings. The van der Waals surface area contributed by atoms with Crippen LogP contribution in [0.4, 0.5) is 5.69 Å². The maximum absolute atomic E-state index is 10.7. The Bertz CT molecular complexity index is 440. The van der Waals surface area contributed by atoms with Crippen molar-refractivity contribution in [3.05, 3.63) is 39.9 Å². The molecular formula is C13H18N2O3. The second kappa shape index (κ2) is 5.04. The molecule has 1 aliphatic carbocycles. The number of hydrogen-bond acceptors (Lipinski definition) is 4. The molecule has 0 unspecified atom stereocenters. The highest BCUT2D eigenvalue weighted by Crippen LogP contribution is 2.30. The van der Waals surface area contributed by atoms with Crippen LogP contribution in [0.2, 0.25) is 0 Å². The molecule has 2 rings (SSSR count). The van der Waals surface area contributed by atoms with Crippen molar-refractivity contribution in [2.24, 2.45) is 5.73 Å². The number of nitrogens with two attached hydrogens (primary N) is 1. The van der Waals surface area contributed by atoms with Gasteiger partial charge in [-0.25, -0.2) is 0 Å². The number of benzene rings is 1. The molecule has 1 saturated carbocycles. The van der Waals surface area contributed by atoms with Crippen LogP contribution in [0.3, 0.4) is 0 Å². The van der Waals surface area contributed by atoms with Gasteiger partial charge in [0.15, 0.2) is 0 Å². The van der Waals surface area contributed by atoms with Gasteiger partial charge in [0.2, 0.25) is 0 Å². The predicted molar refractivity (Wildman–Crippen MR) is 68.2 cm³/mol. The first-order valence-electron chi connectivity index (χ1n) is 6.19. The van der Waals surface area contributed by atoms with Gasteiger partial charge < -0.3 is 10.8 Å². The van der Waals surface area contributed by atoms with Crippen LogP contribution in [-0.4, -0.2) is 21.7 Å². The van der Waals surface area contributed by atoms with Crippen LogP contribution in [0.15, 0.2) is 24.3 Å². The molecule has 98 valence electrons. The van der Waals surface area contributed by atoms with Crippen molar-refractivity contribution in [1.29, 1.82) is 0 Å². The Hall–Kier alpha value is -1.46. The van der Waals surface area contributed by atoms with Crippen molar-refractivity contribution >= 4 is 5.69 Å². The summed E-state index contributed by atoms with van der Waals surface area (Å²) in [6.07, 6.45) is 3.33. The molecule has 0 heterocycles. The van der Waals surface area contributed by atoms with Crippen molar-refractivity contribution in [3.8, 4) is 0 Å². The van der Waals surface area contributed by atoms with Crippen LogP contribution < -0.4 is 5.73 Å². The summed E-state index contributed by atoms with van der Waals surface area (Å²) in [6.45, 7) is 0. The SMILES string of the molecule is NC1(Cc2cccc([N+](=O)[O-])c2)CCC(O)CC1. The Morgan fingerprint density at radius 3 is 2.72 bits per heavy atom. The van der Waals surface area contributed by atoms with Crippen molar-refractivity contribution in [1.82, 2.24) is 0 Å². The third kappa shape index (κ3) is 3.05. The quantitative estimate of drug-likeness (QED) is 0.632. The molecular weight excluding hydrogens is 232 g/mol. The second-order valence-corrected chi connectivity index (χ2v) is 5.20. The molecule has 0 spiro atoms. The first-order valence-corrected chi connectivity index (χ1v) is 6.19. The van der Waals surface area contributed by atoms with E-state index in [9.17, 15) is 15.2 Å². The predicted octanol–water partition coefficient (Wildman–Crippen LogP) is 1.77. The summed E-state index contributed by atoms with van der Waals surface area (Å²) >= 11 is 0. The van der Waals surface area contributed by atoms with E-state index in [0.717, 1.165) is 18.4 Å². The average molecular weight is 250 g/mol. The highest BCUT2D eigenvalue weighted by molar-refractivity contribution is 5.35. The molecule has 1 aromatic carbocycles. The van der Waals surface area contributed by atoms with Gasteiger partial charge in [-0.3, -0.25) is 10.1 Å². The first-order chi connectivity index (χ1) is 8.48. The number of nitrogens with zero attached hydrogens (tertiary/aromatic N) is 1. The smallest absolute Gasteiger partial charge is 0.269 e. The second-order valence-electron chi connectivity index (χ2n) is 5.20. The molecule has 0 aliphatic heterocycles. The van der Waals surface area contributed by atoms with Gasteiger partial charge in [0.05, 0.1) is 11.0 Å². The minimum absolute atomic E-state index is 0.104. The zero-order valence-electron chi connectivity index (χ0n) is 10.2. The lowest BCUT2D eigenvalue weighted by Gasteiger charge is -2.35. The van der Waals surface area contributed by atoms with Gasteiger partial charge in [-0.05, 0) is 37.7 Å². The van der Waals surface area contributed by atoms with Crippen LogP contribution in [0.5, 0.6) is 0 Å². The fraction of sp³-hybridized carbons (Fsp3) is 0.538. The standard InChI is InChI=1S/C13H18N2O3/c14-13(6-4-12(16)5-7-13)9-10-2-1-3-11(8-10)15(17)18/h1-3,8,12,16H,4-7,9,14H2. The minimum atomic E-state index is -0.392. The zero-order chi connectivity index (χ0) is 13.2. The fourth-order valence-electron chi connectivity index (χ4n) is 2.54. The summed E-state index contributed by atoms with van der Waals surface area (Å²) in [6, 6.07) is 6.62. The van der Waals surface area contributed by atoms with E-state index in [1.54, 1.807) is 12.1 Å². The van der Waals surface area contributed by atoms with Gasteiger partial charge in [-0.2, -0.15) is 0 Å². The maximum atomic E-state index is 10.7. The fourth-order valence-corrected chi connectivity index (χ4v) is 2.54. The number of nitro benzene ring substituents is 1. The van der Waals surface area contributed by atoms with Gasteiger partial charge >= 0.3 is 0 Å². The van der Waals surface area contributed by atoms with E-state index in [1.165, 1.54) is 6.07 Å². The number of rotatable bonds is 3. The summed E-state index contributed by atoms with van der Waals surface area (Å²) in [5, 5.41) is 20.2. The Morgan fingerprint density at radius 1 is 1.44 bits per heavy atom. The van der Waals surface area contributed by atoms with Gasteiger partial charge in [0.1, 0.15) is 0 Å². The van der Waals surface area contributed by atoms with E-state index in [1.807, 2.05) is 6.07 Å². The van der Waals surface area contributed by atoms with Crippen LogP contribution >= 0.6 is 0 Å². The molecule has 3 N–H and O–H groups in total. The molecule has 0 atom stereocenters. The number of non-ortho nitro benzene ring substituents is 1. The van der Waals surface area contributed by atoms with E-state index in [-0.39, 0.29) is 17.3 Å². The normalized spacial score (nSPS) is 28.0. The third-order valence-electron chi connectivity index (χ3n) is 3.63. The molecule has 5 nitrogen and oxygen atoms in total. The molecule has 0 radical (unpaired) electrons. The number of hydrogen-bond donors (Lipinski definition) is 2. The number of aliphatic hydroxyl groups excluding tert-OH is 1. The lowest BCUT2D eigenvalue weighted by molar-refractivity contribution is -0.384. The molecule has 5 heteroatoms. The molecule has 18 heavy (non-hydrogen) atoms. The summed E-state index contributed by atoms with van der Waals surface area (Å²) in [4.78, 5) is 10.3. The van der Waals surface area contributed by atoms with Gasteiger partial charge in [-0.1, -0.05) is 12.1 Å². The molecule has 0 bridgehead atoms. The lowest BCUT2D eigenvalue weighted by atomic mass is 9.77. The molecule has 1 fully saturated rings. The van der Waals surface area contributed by atoms with Gasteiger partial charge in [0, 0.05) is 17.7 Å². The monoisotopic (exact) mass is 250 g/mol. The highest BCUT2D eigenvalue weighted by atomic mass is 16.6. The van der Waals surface area contributed by atoms with Crippen LogP contribution in [0.25, 0.3) is 0 Å². The topological polar surface area (TPSA) is 89.4 Å². The van der Waals surface area contributed by atoms with E-state index in [2.05, 4.69) is 0 Å². The number of nitro groups is 1. The van der Waals surface area contributed by atoms with E-state index in [4.69, 9.17) is 5.73 Å². The lowest BCUT2D eigenvalue weighted by Crippen LogP contribution is -2.46. The van der Waals surface area contributed by atoms with Crippen molar-refractivity contribution in [3.63, 3.8) is 0 Å². The summed E-state index contributed by atoms with van der Waals surface area (Å²) in [5.41, 5.74) is 6.96. The van der Waals surface area contributed by atoms with Gasteiger partial charge in [-0.15, -0.1) is 0 Å². The van der Waals surface area contributed by atoms with Crippen LogP contribution in [0.1, 0.15) is 31.2 Å². The van der Waals surface area contributed by atoms with Crippen LogP contribution in [-0.2, 0) is 6.42 Å². The van der Waals surface area contributed by atoms with E-state index < -0.39 is 4.92 Å². The van der Waals surface area contributed by atoms with E-state index in [0.29, 0.717) is 19.3 Å². The Labute approximate surface area is 106 Å². The Morgan fingerprint density at radius 2 is 2.11 bits per heavy atom. The van der Waals surface area contributed by atoms with E-state index >= 15 is 0 Å². The average Bonchev–Trinajstić information content (AvgIpc) is 2.33. The molecule has 0 aromatic heterocycles. The summed E-state index contributed by atoms with van der Waals surface area (Å²) in [5.74, 6) is 0. The molecule has 1 aromatic rings. The Kier molecular flexibility index (Phi) is 3.63. The Balaban J connectivity index is 2.09. The molecule has 0 saturated heterocycles. The summed E-state index contributed by atoms with van der Waals surface area (Å²) < 4.78 is 0. The minimum Gasteiger partial charge on any atom is -0.393 e. The summed E-state index contributed by atoms with van der Waals surface area (Å²) in [7, 11) is 0. The van der Waals surface area contributed by atoms with Crippen molar-refractivity contribution < 1.29 is 10.0 Å². The largest absolute Gasteiger partial charge is 0.393 e. The van der Waals surface area contributed by atoms with Gasteiger partial charge in [0.25, 0.3) is 5.69 Å². The van der Waals surface area contributed by atoms with Crippen molar-refractivity contribution in [2.75, 3.05) is 0 Å².